The van der Waals surface area contributed by atoms with Gasteiger partial charge in [-0.15, -0.1) is 18.3 Å². The summed E-state index contributed by atoms with van der Waals surface area (Å²) < 4.78 is 9.66. The molecule has 0 saturated carbocycles. The number of hydrogen-bond acceptors (Lipinski definition) is 8. The molecule has 6 atom stereocenters. The fraction of sp³-hybridized carbons (Fsp3) is 0.731. The van der Waals surface area contributed by atoms with Crippen molar-refractivity contribution >= 4 is 29.5 Å². The van der Waals surface area contributed by atoms with Gasteiger partial charge in [-0.05, 0) is 26.7 Å². The summed E-state index contributed by atoms with van der Waals surface area (Å²) >= 11 is 1.60. The molecule has 4 fully saturated rings. The predicted octanol–water partition coefficient (Wildman–Crippen LogP) is 0.925. The molecule has 0 aromatic carbocycles. The van der Waals surface area contributed by atoms with E-state index in [9.17, 15) is 19.5 Å². The number of carbonyl (C=O) groups is 3. The highest BCUT2D eigenvalue weighted by atomic mass is 32.2. The zero-order chi connectivity index (χ0) is 26.1. The van der Waals surface area contributed by atoms with Gasteiger partial charge in [-0.25, -0.2) is 0 Å². The van der Waals surface area contributed by atoms with Gasteiger partial charge in [0.2, 0.25) is 11.8 Å². The van der Waals surface area contributed by atoms with Crippen molar-refractivity contribution in [3.8, 4) is 0 Å². The van der Waals surface area contributed by atoms with E-state index < -0.39 is 39.4 Å². The molecular weight excluding hydrogens is 482 g/mol. The van der Waals surface area contributed by atoms with E-state index >= 15 is 0 Å². The number of ether oxygens (including phenoxy) is 2. The smallest absolute Gasteiger partial charge is 0.311 e. The molecule has 0 aromatic heterocycles. The number of morpholine rings is 1. The maximum atomic E-state index is 14.3. The Labute approximate surface area is 217 Å². The van der Waals surface area contributed by atoms with Crippen LogP contribution in [0.5, 0.6) is 0 Å². The molecule has 0 aromatic rings. The summed E-state index contributed by atoms with van der Waals surface area (Å²) in [7, 11) is 0. The maximum absolute atomic E-state index is 14.3. The summed E-state index contributed by atoms with van der Waals surface area (Å²) in [6.45, 7) is 15.6. The van der Waals surface area contributed by atoms with Crippen molar-refractivity contribution in [3.63, 3.8) is 0 Å². The van der Waals surface area contributed by atoms with Crippen molar-refractivity contribution in [3.05, 3.63) is 25.3 Å². The van der Waals surface area contributed by atoms with Crippen LogP contribution < -0.4 is 0 Å². The number of hydrogen-bond donors (Lipinski definition) is 1. The number of rotatable bonds is 11. The molecule has 4 heterocycles. The minimum atomic E-state index is -0.759. The van der Waals surface area contributed by atoms with Crippen LogP contribution in [0.1, 0.15) is 26.7 Å². The first-order valence-corrected chi connectivity index (χ1v) is 13.7. The van der Waals surface area contributed by atoms with Crippen LogP contribution in [0.4, 0.5) is 0 Å². The summed E-state index contributed by atoms with van der Waals surface area (Å²) in [4.78, 5) is 47.0. The van der Waals surface area contributed by atoms with Gasteiger partial charge in [-0.3, -0.25) is 19.3 Å². The number of thioether (sulfide) groups is 1. The monoisotopic (exact) mass is 521 g/mol. The third-order valence-corrected chi connectivity index (χ3v) is 10.2. The Hall–Kier alpha value is -1.88. The van der Waals surface area contributed by atoms with Crippen molar-refractivity contribution in [2.75, 3.05) is 59.2 Å². The molecule has 10 heteroatoms. The van der Waals surface area contributed by atoms with Crippen molar-refractivity contribution in [1.29, 1.82) is 0 Å². The molecule has 4 aliphatic rings. The Kier molecular flexibility index (Phi) is 8.19. The van der Waals surface area contributed by atoms with Crippen LogP contribution in [0.3, 0.4) is 0 Å². The number of nitrogens with zero attached hydrogens (tertiary/aromatic N) is 3. The van der Waals surface area contributed by atoms with Gasteiger partial charge in [0.25, 0.3) is 0 Å². The minimum absolute atomic E-state index is 0.0811. The highest BCUT2D eigenvalue weighted by Gasteiger charge is 2.78. The third kappa shape index (κ3) is 4.50. The number of fused-ring (bicyclic) bond motifs is 1. The van der Waals surface area contributed by atoms with Gasteiger partial charge in [0.05, 0.1) is 42.4 Å². The fourth-order valence-electron chi connectivity index (χ4n) is 6.50. The first-order valence-electron chi connectivity index (χ1n) is 12.8. The lowest BCUT2D eigenvalue weighted by atomic mass is 9.66. The second kappa shape index (κ2) is 10.8. The van der Waals surface area contributed by atoms with Gasteiger partial charge in [0.1, 0.15) is 12.6 Å². The number of carbonyl (C=O) groups excluding carboxylic acids is 3. The number of amides is 2. The van der Waals surface area contributed by atoms with Crippen LogP contribution in [-0.4, -0.2) is 118 Å². The average molecular weight is 522 g/mol. The van der Waals surface area contributed by atoms with E-state index in [1.807, 2.05) is 6.92 Å². The number of aliphatic hydroxyl groups excluding tert-OH is 1. The van der Waals surface area contributed by atoms with E-state index in [1.54, 1.807) is 34.6 Å². The lowest BCUT2D eigenvalue weighted by Crippen LogP contribution is -2.57. The highest BCUT2D eigenvalue weighted by Crippen LogP contribution is 2.71. The topological polar surface area (TPSA) is 99.6 Å². The van der Waals surface area contributed by atoms with Crippen molar-refractivity contribution in [2.45, 2.75) is 48.3 Å². The average Bonchev–Trinajstić information content (AvgIpc) is 3.45. The zero-order valence-corrected chi connectivity index (χ0v) is 22.2. The second-order valence-corrected chi connectivity index (χ2v) is 12.3. The standard InChI is InChI=1S/C26H39N3O6S/c1-5-9-28(11-10-27-12-15-34-16-13-27)23(32)21-26-8-7-25(4,36-26)20(24(33)35-14-6-2)19(26)22(31)29(21)18(3)17-30/h5-6,18-21,30H,1-2,7-17H2,3-4H3/t18-,19+,20-,21?,25+,26?/m1/s1. The summed E-state index contributed by atoms with van der Waals surface area (Å²) in [5, 5.41) is 10.0. The molecular formula is C26H39N3O6S. The Bertz CT molecular complexity index is 895. The molecule has 2 amide bonds. The van der Waals surface area contributed by atoms with E-state index in [0.717, 1.165) is 19.5 Å². The second-order valence-electron chi connectivity index (χ2n) is 10.5. The van der Waals surface area contributed by atoms with E-state index in [2.05, 4.69) is 18.1 Å². The van der Waals surface area contributed by atoms with E-state index in [0.29, 0.717) is 39.3 Å². The Morgan fingerprint density at radius 1 is 1.31 bits per heavy atom. The third-order valence-electron chi connectivity index (χ3n) is 8.24. The molecule has 4 rings (SSSR count). The summed E-state index contributed by atoms with van der Waals surface area (Å²) in [6.07, 6.45) is 4.60. The number of aliphatic hydroxyl groups is 1. The Morgan fingerprint density at radius 3 is 2.67 bits per heavy atom. The van der Waals surface area contributed by atoms with Gasteiger partial charge in [0.15, 0.2) is 0 Å². The van der Waals surface area contributed by atoms with Crippen LogP contribution in [-0.2, 0) is 23.9 Å². The molecule has 2 bridgehead atoms. The molecule has 1 spiro atoms. The van der Waals surface area contributed by atoms with Gasteiger partial charge in [-0.1, -0.05) is 18.7 Å². The molecule has 36 heavy (non-hydrogen) atoms. The van der Waals surface area contributed by atoms with Gasteiger partial charge < -0.3 is 24.4 Å². The normalized spacial score (nSPS) is 34.4. The van der Waals surface area contributed by atoms with Crippen molar-refractivity contribution in [1.82, 2.24) is 14.7 Å². The zero-order valence-electron chi connectivity index (χ0n) is 21.4. The van der Waals surface area contributed by atoms with Crippen LogP contribution >= 0.6 is 11.8 Å². The lowest BCUT2D eigenvalue weighted by Gasteiger charge is -2.39. The predicted molar refractivity (Wildman–Crippen MR) is 137 cm³/mol. The molecule has 4 saturated heterocycles. The Balaban J connectivity index is 1.66. The van der Waals surface area contributed by atoms with Crippen LogP contribution in [0.2, 0.25) is 0 Å². The highest BCUT2D eigenvalue weighted by molar-refractivity contribution is 8.02. The van der Waals surface area contributed by atoms with E-state index in [1.165, 1.54) is 6.08 Å². The SMILES string of the molecule is C=CCOC(=O)[C@H]1[C@H]2C(=O)N([C@H](C)CO)C(C(=O)N(CC=C)CCN3CCOCC3)C23CC[C@]1(C)S3. The van der Waals surface area contributed by atoms with Gasteiger partial charge in [0, 0.05) is 37.5 Å². The molecule has 0 aliphatic carbocycles. The fourth-order valence-corrected chi connectivity index (χ4v) is 8.83. The van der Waals surface area contributed by atoms with E-state index in [-0.39, 0.29) is 25.0 Å². The maximum Gasteiger partial charge on any atom is 0.311 e. The first-order chi connectivity index (χ1) is 17.2. The van der Waals surface area contributed by atoms with Crippen molar-refractivity contribution in [2.24, 2.45) is 11.8 Å². The van der Waals surface area contributed by atoms with Gasteiger partial charge >= 0.3 is 5.97 Å². The van der Waals surface area contributed by atoms with Crippen LogP contribution in [0.15, 0.2) is 25.3 Å². The lowest BCUT2D eigenvalue weighted by molar-refractivity contribution is -0.155. The molecule has 200 valence electrons. The summed E-state index contributed by atoms with van der Waals surface area (Å²) in [5.74, 6) is -2.10. The minimum Gasteiger partial charge on any atom is -0.461 e. The van der Waals surface area contributed by atoms with E-state index in [4.69, 9.17) is 9.47 Å². The van der Waals surface area contributed by atoms with Gasteiger partial charge in [-0.2, -0.15) is 0 Å². The van der Waals surface area contributed by atoms with Crippen LogP contribution in [0.25, 0.3) is 0 Å². The van der Waals surface area contributed by atoms with Crippen molar-refractivity contribution < 1.29 is 29.0 Å². The molecule has 1 N–H and O–H groups in total. The molecule has 2 unspecified atom stereocenters. The number of esters is 1. The summed E-state index contributed by atoms with van der Waals surface area (Å²) in [6, 6.07) is -1.31. The quantitative estimate of drug-likeness (QED) is 0.317. The largest absolute Gasteiger partial charge is 0.461 e. The number of likely N-dealkylation sites (tertiary alicyclic amines) is 1. The van der Waals surface area contributed by atoms with Crippen LogP contribution in [0, 0.1) is 11.8 Å². The summed E-state index contributed by atoms with van der Waals surface area (Å²) in [5.41, 5.74) is 0. The molecule has 4 aliphatic heterocycles. The Morgan fingerprint density at radius 2 is 2.03 bits per heavy atom. The first kappa shape index (κ1) is 27.2. The molecule has 9 nitrogen and oxygen atoms in total. The molecule has 0 radical (unpaired) electrons.